The Kier molecular flexibility index (Phi) is 3.73. The van der Waals surface area contributed by atoms with Crippen LogP contribution in [-0.4, -0.2) is 38.9 Å². The number of rotatable bonds is 4. The fourth-order valence-electron chi connectivity index (χ4n) is 3.38. The first kappa shape index (κ1) is 14.5. The third-order valence-electron chi connectivity index (χ3n) is 4.45. The average Bonchev–Trinajstić information content (AvgIpc) is 2.91. The Morgan fingerprint density at radius 2 is 2.10 bits per heavy atom. The van der Waals surface area contributed by atoms with E-state index in [1.54, 1.807) is 0 Å². The molecule has 0 radical (unpaired) electrons. The molecule has 3 rings (SSSR count). The van der Waals surface area contributed by atoms with E-state index in [0.29, 0.717) is 19.4 Å². The number of ether oxygens (including phenoxy) is 4. The Hall–Kier alpha value is -1.43. The molecule has 1 aromatic carbocycles. The van der Waals surface area contributed by atoms with Gasteiger partial charge in [-0.2, -0.15) is 0 Å². The van der Waals surface area contributed by atoms with Crippen molar-refractivity contribution in [3.63, 3.8) is 0 Å². The van der Waals surface area contributed by atoms with Gasteiger partial charge in [-0.3, -0.25) is 4.79 Å². The fraction of sp³-hybridized carbons (Fsp3) is 0.562. The van der Waals surface area contributed by atoms with Gasteiger partial charge in [0.15, 0.2) is 5.41 Å². The van der Waals surface area contributed by atoms with Gasteiger partial charge in [0.05, 0.1) is 19.8 Å². The summed E-state index contributed by atoms with van der Waals surface area (Å²) < 4.78 is 22.3. The van der Waals surface area contributed by atoms with E-state index in [9.17, 15) is 4.79 Å². The van der Waals surface area contributed by atoms with Gasteiger partial charge in [-0.1, -0.05) is 30.3 Å². The van der Waals surface area contributed by atoms with Gasteiger partial charge in [0.2, 0.25) is 0 Å². The van der Waals surface area contributed by atoms with Crippen LogP contribution in [0.15, 0.2) is 30.3 Å². The Balaban J connectivity index is 2.02. The molecular formula is C16H20O5. The molecule has 21 heavy (non-hydrogen) atoms. The fourth-order valence-corrected chi connectivity index (χ4v) is 3.38. The molecule has 0 saturated carbocycles. The van der Waals surface area contributed by atoms with Crippen LogP contribution in [0.2, 0.25) is 0 Å². The van der Waals surface area contributed by atoms with E-state index in [2.05, 4.69) is 0 Å². The summed E-state index contributed by atoms with van der Waals surface area (Å²) in [7, 11) is 2.90. The summed E-state index contributed by atoms with van der Waals surface area (Å²) in [5.74, 6) is -1.70. The number of fused-ring (bicyclic) bond motifs is 2. The molecular weight excluding hydrogens is 272 g/mol. The van der Waals surface area contributed by atoms with E-state index in [0.717, 1.165) is 12.0 Å². The molecule has 3 unspecified atom stereocenters. The van der Waals surface area contributed by atoms with E-state index in [-0.39, 0.29) is 12.1 Å². The van der Waals surface area contributed by atoms with E-state index in [4.69, 9.17) is 18.9 Å². The third kappa shape index (κ3) is 2.16. The molecule has 0 aliphatic carbocycles. The maximum absolute atomic E-state index is 12.6. The van der Waals surface area contributed by atoms with Crippen LogP contribution in [0.5, 0.6) is 0 Å². The minimum atomic E-state index is -1.35. The summed E-state index contributed by atoms with van der Waals surface area (Å²) in [5, 5.41) is 0. The van der Waals surface area contributed by atoms with Gasteiger partial charge < -0.3 is 18.9 Å². The van der Waals surface area contributed by atoms with Crippen LogP contribution in [-0.2, 0) is 30.2 Å². The number of hydrogen-bond acceptors (Lipinski definition) is 5. The molecule has 5 nitrogen and oxygen atoms in total. The maximum Gasteiger partial charge on any atom is 0.320 e. The van der Waals surface area contributed by atoms with E-state index in [1.165, 1.54) is 14.2 Å². The maximum atomic E-state index is 12.6. The van der Waals surface area contributed by atoms with Gasteiger partial charge in [0.1, 0.15) is 0 Å². The molecule has 114 valence electrons. The van der Waals surface area contributed by atoms with Crippen molar-refractivity contribution < 1.29 is 23.7 Å². The lowest BCUT2D eigenvalue weighted by Gasteiger charge is -2.45. The van der Waals surface area contributed by atoms with Gasteiger partial charge in [-0.05, 0) is 24.8 Å². The van der Waals surface area contributed by atoms with Crippen molar-refractivity contribution in [3.8, 4) is 0 Å². The zero-order chi connectivity index (χ0) is 14.9. The topological polar surface area (TPSA) is 54.0 Å². The Bertz CT molecular complexity index is 517. The molecule has 1 aromatic rings. The molecule has 2 saturated heterocycles. The number of methoxy groups -OCH3 is 2. The molecule has 3 atom stereocenters. The molecule has 5 heteroatoms. The largest absolute Gasteiger partial charge is 0.468 e. The summed E-state index contributed by atoms with van der Waals surface area (Å²) in [4.78, 5) is 12.6. The standard InChI is InChI=1S/C16H20O5/c1-18-14(17)15(10-12-6-4-3-5-7-12)9-8-13-11-20-16(15,19-2)21-13/h3-7,13H,8-11H2,1-2H3. The molecule has 0 spiro atoms. The van der Waals surface area contributed by atoms with Crippen molar-refractivity contribution in [3.05, 3.63) is 35.9 Å². The second-order valence-electron chi connectivity index (χ2n) is 5.59. The minimum absolute atomic E-state index is 0.0153. The van der Waals surface area contributed by atoms with Gasteiger partial charge in [0.25, 0.3) is 5.97 Å². The van der Waals surface area contributed by atoms with Crippen LogP contribution in [0.25, 0.3) is 0 Å². The zero-order valence-electron chi connectivity index (χ0n) is 12.3. The number of benzene rings is 1. The quantitative estimate of drug-likeness (QED) is 0.793. The first-order chi connectivity index (χ1) is 10.2. The predicted molar refractivity (Wildman–Crippen MR) is 74.4 cm³/mol. The third-order valence-corrected chi connectivity index (χ3v) is 4.45. The Morgan fingerprint density at radius 3 is 2.76 bits per heavy atom. The highest BCUT2D eigenvalue weighted by Crippen LogP contribution is 2.52. The highest BCUT2D eigenvalue weighted by atomic mass is 16.9. The van der Waals surface area contributed by atoms with Crippen LogP contribution in [0.4, 0.5) is 0 Å². The van der Waals surface area contributed by atoms with Gasteiger partial charge >= 0.3 is 5.97 Å². The summed E-state index contributed by atoms with van der Waals surface area (Å²) >= 11 is 0. The van der Waals surface area contributed by atoms with Crippen LogP contribution < -0.4 is 0 Å². The number of carbonyl (C=O) groups excluding carboxylic acids is 1. The first-order valence-corrected chi connectivity index (χ1v) is 7.15. The summed E-state index contributed by atoms with van der Waals surface area (Å²) in [6.07, 6.45) is 1.82. The molecule has 2 heterocycles. The normalized spacial score (nSPS) is 34.7. The second-order valence-corrected chi connectivity index (χ2v) is 5.59. The molecule has 0 amide bonds. The number of carbonyl (C=O) groups is 1. The van der Waals surface area contributed by atoms with Gasteiger partial charge in [0, 0.05) is 7.11 Å². The molecule has 2 aliphatic heterocycles. The van der Waals surface area contributed by atoms with E-state index in [1.807, 2.05) is 30.3 Å². The van der Waals surface area contributed by atoms with Crippen molar-refractivity contribution in [2.45, 2.75) is 31.3 Å². The lowest BCUT2D eigenvalue weighted by atomic mass is 9.73. The highest BCUT2D eigenvalue weighted by Gasteiger charge is 2.67. The molecule has 2 aliphatic rings. The molecule has 0 N–H and O–H groups in total. The predicted octanol–water partition coefficient (Wildman–Crippen LogP) is 1.90. The second kappa shape index (κ2) is 5.40. The van der Waals surface area contributed by atoms with Crippen LogP contribution in [0, 0.1) is 5.41 Å². The van der Waals surface area contributed by atoms with E-state index < -0.39 is 11.4 Å². The van der Waals surface area contributed by atoms with Crippen LogP contribution >= 0.6 is 0 Å². The van der Waals surface area contributed by atoms with Crippen molar-refractivity contribution in [2.75, 3.05) is 20.8 Å². The summed E-state index contributed by atoms with van der Waals surface area (Å²) in [6.45, 7) is 0.446. The van der Waals surface area contributed by atoms with Crippen molar-refractivity contribution in [2.24, 2.45) is 5.41 Å². The number of hydrogen-bond donors (Lipinski definition) is 0. The van der Waals surface area contributed by atoms with Crippen molar-refractivity contribution >= 4 is 5.97 Å². The van der Waals surface area contributed by atoms with Crippen molar-refractivity contribution in [1.82, 2.24) is 0 Å². The van der Waals surface area contributed by atoms with Gasteiger partial charge in [-0.15, -0.1) is 0 Å². The lowest BCUT2D eigenvalue weighted by Crippen LogP contribution is -2.59. The first-order valence-electron chi connectivity index (χ1n) is 7.15. The monoisotopic (exact) mass is 292 g/mol. The van der Waals surface area contributed by atoms with Gasteiger partial charge in [-0.25, -0.2) is 0 Å². The smallest absolute Gasteiger partial charge is 0.320 e. The molecule has 2 fully saturated rings. The highest BCUT2D eigenvalue weighted by molar-refractivity contribution is 5.78. The lowest BCUT2D eigenvalue weighted by molar-refractivity contribution is -0.389. The molecule has 0 aromatic heterocycles. The Morgan fingerprint density at radius 1 is 1.33 bits per heavy atom. The molecule has 2 bridgehead atoms. The van der Waals surface area contributed by atoms with Crippen molar-refractivity contribution in [1.29, 1.82) is 0 Å². The SMILES string of the molecule is COC(=O)C1(Cc2ccccc2)CCC2COC1(OC)O2. The zero-order valence-corrected chi connectivity index (χ0v) is 12.3. The Labute approximate surface area is 124 Å². The summed E-state index contributed by atoms with van der Waals surface area (Å²) in [6, 6.07) is 9.80. The van der Waals surface area contributed by atoms with E-state index >= 15 is 0 Å². The van der Waals surface area contributed by atoms with Crippen LogP contribution in [0.3, 0.4) is 0 Å². The number of esters is 1. The minimum Gasteiger partial charge on any atom is -0.468 e. The van der Waals surface area contributed by atoms with Crippen LogP contribution in [0.1, 0.15) is 18.4 Å². The average molecular weight is 292 g/mol. The summed E-state index contributed by atoms with van der Waals surface area (Å²) in [5.41, 5.74) is 0.0436.